The second kappa shape index (κ2) is 3.76. The number of alkyl halides is 3. The highest BCUT2D eigenvalue weighted by atomic mass is 19.4. The molecule has 0 spiro atoms. The summed E-state index contributed by atoms with van der Waals surface area (Å²) in [6, 6.07) is 0.450. The molecule has 0 saturated heterocycles. The van der Waals surface area contributed by atoms with Crippen LogP contribution in [0, 0.1) is 0 Å². The van der Waals surface area contributed by atoms with Gasteiger partial charge in [0.25, 0.3) is 0 Å². The van der Waals surface area contributed by atoms with E-state index in [1.807, 2.05) is 0 Å². The molecule has 7 heteroatoms. The number of carboxylic acids is 1. The quantitative estimate of drug-likeness (QED) is 0.792. The van der Waals surface area contributed by atoms with E-state index in [9.17, 15) is 18.0 Å². The Kier molecular flexibility index (Phi) is 2.83. The first-order valence-electron chi connectivity index (χ1n) is 3.77. The Hall–Kier alpha value is -1.79. The van der Waals surface area contributed by atoms with Gasteiger partial charge in [-0.15, -0.1) is 0 Å². The molecule has 0 aliphatic carbocycles. The van der Waals surface area contributed by atoms with Gasteiger partial charge >= 0.3 is 12.1 Å². The van der Waals surface area contributed by atoms with Crippen LogP contribution in [0.1, 0.15) is 11.3 Å². The van der Waals surface area contributed by atoms with Crippen LogP contribution in [-0.2, 0) is 17.4 Å². The molecule has 0 aliphatic rings. The average Bonchev–Trinajstić information content (AvgIpc) is 2.05. The van der Waals surface area contributed by atoms with E-state index in [0.717, 1.165) is 0 Å². The first-order valence-corrected chi connectivity index (χ1v) is 3.77. The molecule has 0 fully saturated rings. The molecular weight excluding hydrogens is 215 g/mol. The fraction of sp³-hybridized carbons (Fsp3) is 0.250. The SMILES string of the molecule is O=C(O)Cc1ncc(C(F)(F)F)cc1O. The summed E-state index contributed by atoms with van der Waals surface area (Å²) in [6.07, 6.45) is -4.74. The van der Waals surface area contributed by atoms with Crippen LogP contribution < -0.4 is 0 Å². The first kappa shape index (κ1) is 11.3. The highest BCUT2D eigenvalue weighted by Crippen LogP contribution is 2.31. The van der Waals surface area contributed by atoms with Gasteiger partial charge in [0.15, 0.2) is 0 Å². The van der Waals surface area contributed by atoms with Crippen molar-refractivity contribution < 1.29 is 28.2 Å². The minimum absolute atomic E-state index is 0.296. The Labute approximate surface area is 82.0 Å². The van der Waals surface area contributed by atoms with E-state index in [-0.39, 0.29) is 5.69 Å². The van der Waals surface area contributed by atoms with Gasteiger partial charge in [0.05, 0.1) is 17.7 Å². The number of aliphatic carboxylic acids is 1. The van der Waals surface area contributed by atoms with Crippen molar-refractivity contribution in [3.63, 3.8) is 0 Å². The summed E-state index contributed by atoms with van der Waals surface area (Å²) in [5.74, 6) is -2.05. The van der Waals surface area contributed by atoms with Gasteiger partial charge in [0.2, 0.25) is 0 Å². The van der Waals surface area contributed by atoms with Crippen LogP contribution in [0.5, 0.6) is 5.75 Å². The zero-order valence-electron chi connectivity index (χ0n) is 7.25. The van der Waals surface area contributed by atoms with Gasteiger partial charge in [-0.1, -0.05) is 0 Å². The normalized spacial score (nSPS) is 11.4. The molecule has 15 heavy (non-hydrogen) atoms. The molecule has 1 rings (SSSR count). The van der Waals surface area contributed by atoms with Gasteiger partial charge in [-0.05, 0) is 6.07 Å². The minimum atomic E-state index is -4.60. The molecule has 0 saturated carbocycles. The summed E-state index contributed by atoms with van der Waals surface area (Å²) < 4.78 is 36.3. The van der Waals surface area contributed by atoms with Crippen LogP contribution in [0.4, 0.5) is 13.2 Å². The lowest BCUT2D eigenvalue weighted by Gasteiger charge is -2.07. The minimum Gasteiger partial charge on any atom is -0.506 e. The van der Waals surface area contributed by atoms with E-state index >= 15 is 0 Å². The standard InChI is InChI=1S/C8H6F3NO3/c9-8(10,11)4-1-6(13)5(12-3-4)2-7(14)15/h1,3,13H,2H2,(H,14,15). The number of aromatic nitrogens is 1. The van der Waals surface area contributed by atoms with Crippen molar-refractivity contribution >= 4 is 5.97 Å². The monoisotopic (exact) mass is 221 g/mol. The fourth-order valence-corrected chi connectivity index (χ4v) is 0.916. The van der Waals surface area contributed by atoms with Crippen molar-refractivity contribution in [1.29, 1.82) is 0 Å². The molecular formula is C8H6F3NO3. The molecule has 0 aromatic carbocycles. The fourth-order valence-electron chi connectivity index (χ4n) is 0.916. The predicted molar refractivity (Wildman–Crippen MR) is 42.2 cm³/mol. The number of halogens is 3. The molecule has 82 valence electrons. The number of carboxylic acid groups (broad SMARTS) is 1. The highest BCUT2D eigenvalue weighted by molar-refractivity contribution is 5.70. The number of carbonyl (C=O) groups is 1. The lowest BCUT2D eigenvalue weighted by Crippen LogP contribution is -2.08. The number of hydrogen-bond acceptors (Lipinski definition) is 3. The molecule has 0 radical (unpaired) electrons. The number of rotatable bonds is 2. The van der Waals surface area contributed by atoms with Crippen LogP contribution in [-0.4, -0.2) is 21.2 Å². The topological polar surface area (TPSA) is 70.4 Å². The van der Waals surface area contributed by atoms with E-state index in [1.54, 1.807) is 0 Å². The lowest BCUT2D eigenvalue weighted by atomic mass is 10.2. The zero-order chi connectivity index (χ0) is 11.6. The zero-order valence-corrected chi connectivity index (χ0v) is 7.25. The van der Waals surface area contributed by atoms with Crippen molar-refractivity contribution in [2.45, 2.75) is 12.6 Å². The third kappa shape index (κ3) is 2.83. The Morgan fingerprint density at radius 3 is 2.47 bits per heavy atom. The third-order valence-electron chi connectivity index (χ3n) is 1.59. The van der Waals surface area contributed by atoms with Crippen LogP contribution >= 0.6 is 0 Å². The molecule has 1 heterocycles. The summed E-state index contributed by atoms with van der Waals surface area (Å²) in [5.41, 5.74) is -1.41. The highest BCUT2D eigenvalue weighted by Gasteiger charge is 2.31. The molecule has 0 bridgehead atoms. The average molecular weight is 221 g/mol. The maximum Gasteiger partial charge on any atom is 0.418 e. The van der Waals surface area contributed by atoms with Crippen molar-refractivity contribution in [3.05, 3.63) is 23.5 Å². The van der Waals surface area contributed by atoms with E-state index < -0.39 is 29.9 Å². The van der Waals surface area contributed by atoms with Crippen molar-refractivity contribution in [3.8, 4) is 5.75 Å². The molecule has 4 nitrogen and oxygen atoms in total. The van der Waals surface area contributed by atoms with Crippen molar-refractivity contribution in [2.24, 2.45) is 0 Å². The summed E-state index contributed by atoms with van der Waals surface area (Å²) in [4.78, 5) is 13.5. The summed E-state index contributed by atoms with van der Waals surface area (Å²) in [5, 5.41) is 17.4. The molecule has 0 atom stereocenters. The Bertz CT molecular complexity index is 389. The van der Waals surface area contributed by atoms with Gasteiger partial charge in [-0.3, -0.25) is 9.78 Å². The van der Waals surface area contributed by atoms with E-state index in [0.29, 0.717) is 12.3 Å². The van der Waals surface area contributed by atoms with Gasteiger partial charge in [0.1, 0.15) is 5.75 Å². The number of pyridine rings is 1. The largest absolute Gasteiger partial charge is 0.506 e. The Morgan fingerprint density at radius 2 is 2.07 bits per heavy atom. The van der Waals surface area contributed by atoms with E-state index in [1.165, 1.54) is 0 Å². The van der Waals surface area contributed by atoms with Crippen molar-refractivity contribution in [1.82, 2.24) is 4.98 Å². The Morgan fingerprint density at radius 1 is 1.47 bits per heavy atom. The van der Waals surface area contributed by atoms with Crippen LogP contribution in [0.3, 0.4) is 0 Å². The van der Waals surface area contributed by atoms with Crippen LogP contribution in [0.25, 0.3) is 0 Å². The summed E-state index contributed by atoms with van der Waals surface area (Å²) >= 11 is 0. The molecule has 1 aromatic rings. The van der Waals surface area contributed by atoms with Crippen molar-refractivity contribution in [2.75, 3.05) is 0 Å². The number of nitrogens with zero attached hydrogens (tertiary/aromatic N) is 1. The van der Waals surface area contributed by atoms with Crippen LogP contribution in [0.2, 0.25) is 0 Å². The van der Waals surface area contributed by atoms with Gasteiger partial charge in [-0.25, -0.2) is 0 Å². The van der Waals surface area contributed by atoms with Gasteiger partial charge in [0, 0.05) is 6.20 Å². The molecule has 0 aliphatic heterocycles. The summed E-state index contributed by atoms with van der Waals surface area (Å²) in [7, 11) is 0. The third-order valence-corrected chi connectivity index (χ3v) is 1.59. The van der Waals surface area contributed by atoms with Crippen LogP contribution in [0.15, 0.2) is 12.3 Å². The van der Waals surface area contributed by atoms with E-state index in [2.05, 4.69) is 4.98 Å². The predicted octanol–water partition coefficient (Wildman–Crippen LogP) is 1.43. The maximum absolute atomic E-state index is 12.1. The molecule has 1 aromatic heterocycles. The van der Waals surface area contributed by atoms with Gasteiger partial charge < -0.3 is 10.2 Å². The second-order valence-corrected chi connectivity index (χ2v) is 2.76. The molecule has 0 unspecified atom stereocenters. The Balaban J connectivity index is 3.03. The van der Waals surface area contributed by atoms with E-state index in [4.69, 9.17) is 10.2 Å². The lowest BCUT2D eigenvalue weighted by molar-refractivity contribution is -0.138. The van der Waals surface area contributed by atoms with Gasteiger partial charge in [-0.2, -0.15) is 13.2 Å². The summed E-state index contributed by atoms with van der Waals surface area (Å²) in [6.45, 7) is 0. The molecule has 0 amide bonds. The second-order valence-electron chi connectivity index (χ2n) is 2.76. The smallest absolute Gasteiger partial charge is 0.418 e. The first-order chi connectivity index (χ1) is 6.80. The molecule has 2 N–H and O–H groups in total. The maximum atomic E-state index is 12.1. The number of hydrogen-bond donors (Lipinski definition) is 2. The number of aromatic hydroxyl groups is 1.